The number of amides is 1. The van der Waals surface area contributed by atoms with Gasteiger partial charge in [0.2, 0.25) is 0 Å². The smallest absolute Gasteiger partial charge is 0.267 e. The number of ketones is 1. The summed E-state index contributed by atoms with van der Waals surface area (Å²) in [5.41, 5.74) is 11.8. The number of anilines is 2. The molecule has 3 heterocycles. The van der Waals surface area contributed by atoms with Crippen molar-refractivity contribution in [2.75, 3.05) is 11.1 Å². The van der Waals surface area contributed by atoms with E-state index in [1.165, 1.54) is 22.5 Å². The zero-order valence-corrected chi connectivity index (χ0v) is 22.1. The first kappa shape index (κ1) is 24.3. The van der Waals surface area contributed by atoms with E-state index in [4.69, 9.17) is 10.7 Å². The molecule has 1 atom stereocenters. The Balaban J connectivity index is 1.18. The number of benzene rings is 2. The average Bonchev–Trinajstić information content (AvgIpc) is 3.59. The highest BCUT2D eigenvalue weighted by Gasteiger charge is 2.24. The van der Waals surface area contributed by atoms with E-state index in [1.54, 1.807) is 47.8 Å². The Labute approximate surface area is 228 Å². The second-order valence-corrected chi connectivity index (χ2v) is 11.4. The quantitative estimate of drug-likeness (QED) is 0.176. The standard InChI is InChI=1S/C31H25N3O2S2/c32-28-25-18-22-17-21(19-5-2-1-3-6-19)10-14-26(22)34-31(25)38-29(28)30(36)33-23-11-8-20(9-12-23)27(35)15-13-24-7-4-16-37-24/h1-9,11-13,15-16,18,21H,10,14,17,32H2,(H,33,36)/b15-13+. The number of carbonyl (C=O) groups excluding carboxylic acids is 2. The Morgan fingerprint density at radius 3 is 2.61 bits per heavy atom. The van der Waals surface area contributed by atoms with Crippen LogP contribution < -0.4 is 11.1 Å². The normalized spacial score (nSPS) is 15.0. The van der Waals surface area contributed by atoms with Gasteiger partial charge in [0.1, 0.15) is 9.71 Å². The molecule has 0 radical (unpaired) electrons. The predicted octanol–water partition coefficient (Wildman–Crippen LogP) is 7.36. The van der Waals surface area contributed by atoms with Crippen LogP contribution in [0.25, 0.3) is 16.3 Å². The molecule has 0 fully saturated rings. The van der Waals surface area contributed by atoms with Gasteiger partial charge in [0.05, 0.1) is 5.69 Å². The third-order valence-corrected chi connectivity index (χ3v) is 8.88. The summed E-state index contributed by atoms with van der Waals surface area (Å²) in [5.74, 6) is 0.100. The number of pyridine rings is 1. The van der Waals surface area contributed by atoms with Gasteiger partial charge in [-0.1, -0.05) is 36.4 Å². The topological polar surface area (TPSA) is 85.1 Å². The van der Waals surface area contributed by atoms with Gasteiger partial charge in [-0.25, -0.2) is 4.98 Å². The number of rotatable bonds is 6. The summed E-state index contributed by atoms with van der Waals surface area (Å²) in [7, 11) is 0. The fraction of sp³-hybridized carbons (Fsp3) is 0.129. The van der Waals surface area contributed by atoms with Gasteiger partial charge in [0.25, 0.3) is 5.91 Å². The molecule has 6 rings (SSSR count). The largest absolute Gasteiger partial charge is 0.397 e. The van der Waals surface area contributed by atoms with Gasteiger partial charge in [-0.3, -0.25) is 9.59 Å². The lowest BCUT2D eigenvalue weighted by atomic mass is 9.82. The van der Waals surface area contributed by atoms with Crippen LogP contribution in [0, 0.1) is 0 Å². The van der Waals surface area contributed by atoms with Crippen LogP contribution in [-0.4, -0.2) is 16.7 Å². The molecule has 3 aromatic heterocycles. The maximum atomic E-state index is 13.1. The second-order valence-electron chi connectivity index (χ2n) is 9.39. The molecule has 0 saturated heterocycles. The molecular weight excluding hydrogens is 510 g/mol. The van der Waals surface area contributed by atoms with Crippen LogP contribution in [0.5, 0.6) is 0 Å². The number of nitrogens with two attached hydrogens (primary N) is 1. The summed E-state index contributed by atoms with van der Waals surface area (Å²) in [6, 6.07) is 23.5. The number of carbonyl (C=O) groups is 2. The van der Waals surface area contributed by atoms with E-state index < -0.39 is 0 Å². The average molecular weight is 536 g/mol. The number of hydrogen-bond donors (Lipinski definition) is 2. The molecule has 5 nitrogen and oxygen atoms in total. The molecule has 0 aliphatic heterocycles. The number of nitrogens with one attached hydrogen (secondary N) is 1. The maximum absolute atomic E-state index is 13.1. The first-order chi connectivity index (χ1) is 18.5. The molecule has 1 unspecified atom stereocenters. The van der Waals surface area contributed by atoms with E-state index in [0.29, 0.717) is 27.7 Å². The van der Waals surface area contributed by atoms with Crippen molar-refractivity contribution >= 4 is 62.0 Å². The van der Waals surface area contributed by atoms with Crippen molar-refractivity contribution in [2.45, 2.75) is 25.2 Å². The zero-order valence-electron chi connectivity index (χ0n) is 20.5. The van der Waals surface area contributed by atoms with Crippen molar-refractivity contribution in [3.63, 3.8) is 0 Å². The summed E-state index contributed by atoms with van der Waals surface area (Å²) < 4.78 is 0. The minimum Gasteiger partial charge on any atom is -0.397 e. The summed E-state index contributed by atoms with van der Waals surface area (Å²) in [6.07, 6.45) is 6.27. The van der Waals surface area contributed by atoms with Crippen molar-refractivity contribution in [1.82, 2.24) is 4.98 Å². The van der Waals surface area contributed by atoms with Gasteiger partial charge < -0.3 is 11.1 Å². The maximum Gasteiger partial charge on any atom is 0.267 e. The zero-order chi connectivity index (χ0) is 26.1. The van der Waals surface area contributed by atoms with E-state index in [0.717, 1.165) is 40.1 Å². The molecule has 1 amide bonds. The molecule has 0 spiro atoms. The monoisotopic (exact) mass is 535 g/mol. The second kappa shape index (κ2) is 10.4. The number of aromatic nitrogens is 1. The number of thiophene rings is 2. The Morgan fingerprint density at radius 2 is 1.84 bits per heavy atom. The van der Waals surface area contributed by atoms with Crippen LogP contribution in [0.3, 0.4) is 0 Å². The van der Waals surface area contributed by atoms with Crippen LogP contribution in [-0.2, 0) is 12.8 Å². The Morgan fingerprint density at radius 1 is 1.03 bits per heavy atom. The first-order valence-corrected chi connectivity index (χ1v) is 14.2. The molecule has 0 bridgehead atoms. The molecule has 2 aromatic carbocycles. The number of hydrogen-bond acceptors (Lipinski definition) is 6. The van der Waals surface area contributed by atoms with E-state index >= 15 is 0 Å². The fourth-order valence-electron chi connectivity index (χ4n) is 4.91. The SMILES string of the molecule is Nc1c(C(=O)Nc2ccc(C(=O)/C=C/c3cccs3)cc2)sc2nc3c(cc12)CC(c1ccccc1)CC3. The van der Waals surface area contributed by atoms with E-state index in [9.17, 15) is 9.59 Å². The van der Waals surface area contributed by atoms with Crippen LogP contribution in [0.4, 0.5) is 11.4 Å². The highest BCUT2D eigenvalue weighted by atomic mass is 32.1. The highest BCUT2D eigenvalue weighted by Crippen LogP contribution is 2.38. The molecular formula is C31H25N3O2S2. The van der Waals surface area contributed by atoms with Crippen molar-refractivity contribution < 1.29 is 9.59 Å². The summed E-state index contributed by atoms with van der Waals surface area (Å²) in [5, 5.41) is 5.72. The lowest BCUT2D eigenvalue weighted by Gasteiger charge is -2.24. The molecule has 7 heteroatoms. The Kier molecular flexibility index (Phi) is 6.62. The molecule has 5 aromatic rings. The molecule has 0 saturated carbocycles. The third kappa shape index (κ3) is 4.90. The minimum atomic E-state index is -0.276. The highest BCUT2D eigenvalue weighted by molar-refractivity contribution is 7.21. The number of aryl methyl sites for hydroxylation is 1. The van der Waals surface area contributed by atoms with Crippen LogP contribution in [0.15, 0.2) is 84.3 Å². The number of nitrogens with zero attached hydrogens (tertiary/aromatic N) is 1. The van der Waals surface area contributed by atoms with Gasteiger partial charge in [-0.05, 0) is 90.2 Å². The molecule has 38 heavy (non-hydrogen) atoms. The predicted molar refractivity (Wildman–Crippen MR) is 157 cm³/mol. The van der Waals surface area contributed by atoms with Crippen LogP contribution in [0.2, 0.25) is 0 Å². The lowest BCUT2D eigenvalue weighted by molar-refractivity contribution is 0.102. The number of allylic oxidation sites excluding steroid dienone is 1. The molecule has 188 valence electrons. The molecule has 3 N–H and O–H groups in total. The number of nitrogen functional groups attached to an aromatic ring is 1. The van der Waals surface area contributed by atoms with Crippen molar-refractivity contribution in [1.29, 1.82) is 0 Å². The van der Waals surface area contributed by atoms with Crippen molar-refractivity contribution in [3.8, 4) is 0 Å². The summed E-state index contributed by atoms with van der Waals surface area (Å²) >= 11 is 2.90. The Hall–Kier alpha value is -4.07. The number of fused-ring (bicyclic) bond motifs is 2. The van der Waals surface area contributed by atoms with E-state index in [1.807, 2.05) is 23.6 Å². The first-order valence-electron chi connectivity index (χ1n) is 12.5. The van der Waals surface area contributed by atoms with Gasteiger partial charge in [-0.15, -0.1) is 22.7 Å². The van der Waals surface area contributed by atoms with Gasteiger partial charge >= 0.3 is 0 Å². The fourth-order valence-corrected chi connectivity index (χ4v) is 6.52. The van der Waals surface area contributed by atoms with E-state index in [2.05, 4.69) is 35.6 Å². The van der Waals surface area contributed by atoms with Crippen molar-refractivity contribution in [2.24, 2.45) is 0 Å². The van der Waals surface area contributed by atoms with Gasteiger partial charge in [0.15, 0.2) is 5.78 Å². The third-order valence-electron chi connectivity index (χ3n) is 6.93. The minimum absolute atomic E-state index is 0.0884. The Bertz CT molecular complexity index is 1650. The molecule has 1 aliphatic carbocycles. The van der Waals surface area contributed by atoms with Gasteiger partial charge in [-0.2, -0.15) is 0 Å². The lowest BCUT2D eigenvalue weighted by Crippen LogP contribution is -2.14. The van der Waals surface area contributed by atoms with Crippen molar-refractivity contribution in [3.05, 3.63) is 116 Å². The summed E-state index contributed by atoms with van der Waals surface area (Å²) in [4.78, 5) is 32.8. The summed E-state index contributed by atoms with van der Waals surface area (Å²) in [6.45, 7) is 0. The van der Waals surface area contributed by atoms with Crippen LogP contribution in [0.1, 0.15) is 54.1 Å². The van der Waals surface area contributed by atoms with Crippen LogP contribution >= 0.6 is 22.7 Å². The van der Waals surface area contributed by atoms with Gasteiger partial charge in [0, 0.05) is 27.2 Å². The molecule has 1 aliphatic rings. The van der Waals surface area contributed by atoms with E-state index in [-0.39, 0.29) is 11.7 Å².